The van der Waals surface area contributed by atoms with Crippen LogP contribution < -0.4 is 5.32 Å². The van der Waals surface area contributed by atoms with Crippen molar-refractivity contribution in [1.29, 1.82) is 0 Å². The molecule has 0 aliphatic carbocycles. The molecule has 1 aliphatic rings. The average molecular weight is 578 g/mol. The highest BCUT2D eigenvalue weighted by atomic mass is 16.3. The third kappa shape index (κ3) is 4.38. The third-order valence-electron chi connectivity index (χ3n) is 8.72. The van der Waals surface area contributed by atoms with Gasteiger partial charge in [-0.3, -0.25) is 0 Å². The molecular weight excluding hydrogens is 550 g/mol. The fourth-order valence-corrected chi connectivity index (χ4v) is 6.50. The van der Waals surface area contributed by atoms with Crippen molar-refractivity contribution in [3.8, 4) is 11.1 Å². The fourth-order valence-electron chi connectivity index (χ4n) is 6.50. The number of nitrogens with zero attached hydrogens (tertiary/aromatic N) is 2. The minimum atomic E-state index is -0.272. The minimum Gasteiger partial charge on any atom is -0.456 e. The maximum absolute atomic E-state index is 6.40. The summed E-state index contributed by atoms with van der Waals surface area (Å²) in [6.07, 6.45) is -0.272. The van der Waals surface area contributed by atoms with E-state index in [1.165, 1.54) is 27.1 Å². The highest BCUT2D eigenvalue weighted by Gasteiger charge is 2.23. The second kappa shape index (κ2) is 10.3. The molecule has 2 heterocycles. The standard InChI is InChI=1S/C41H27N3O/c1-3-11-27(12-4-1)39-42-40(28-13-5-2-6-14-28)44-41(43-39)34-16-9-17-37-38(34)35-25-30(21-23-36(35)45-37)29-20-22-33-31(24-29)19-18-26-10-7-8-15-32(26)33/h1-25,39H,(H,42,43,44). The first kappa shape index (κ1) is 25.5. The number of furan rings is 1. The van der Waals surface area contributed by atoms with Crippen molar-refractivity contribution in [2.45, 2.75) is 6.17 Å². The normalized spacial score (nSPS) is 14.9. The summed E-state index contributed by atoms with van der Waals surface area (Å²) in [6, 6.07) is 52.9. The summed E-state index contributed by atoms with van der Waals surface area (Å²) in [5, 5.41) is 10.6. The zero-order valence-corrected chi connectivity index (χ0v) is 24.3. The van der Waals surface area contributed by atoms with Crippen LogP contribution in [0, 0.1) is 0 Å². The molecule has 7 aromatic carbocycles. The number of aliphatic imine (C=N–C) groups is 2. The Balaban J connectivity index is 1.21. The molecule has 1 atom stereocenters. The van der Waals surface area contributed by atoms with Gasteiger partial charge in [0.25, 0.3) is 0 Å². The van der Waals surface area contributed by atoms with Gasteiger partial charge in [-0.2, -0.15) is 0 Å². The summed E-state index contributed by atoms with van der Waals surface area (Å²) in [5.74, 6) is 1.47. The molecule has 0 spiro atoms. The predicted octanol–water partition coefficient (Wildman–Crippen LogP) is 10.1. The van der Waals surface area contributed by atoms with Crippen molar-refractivity contribution < 1.29 is 4.42 Å². The molecular formula is C41H27N3O. The average Bonchev–Trinajstić information content (AvgIpc) is 3.50. The maximum Gasteiger partial charge on any atom is 0.160 e. The van der Waals surface area contributed by atoms with Gasteiger partial charge < -0.3 is 9.73 Å². The van der Waals surface area contributed by atoms with E-state index in [4.69, 9.17) is 14.4 Å². The van der Waals surface area contributed by atoms with Crippen molar-refractivity contribution >= 4 is 55.2 Å². The predicted molar refractivity (Wildman–Crippen MR) is 186 cm³/mol. The summed E-state index contributed by atoms with van der Waals surface area (Å²) in [7, 11) is 0. The van der Waals surface area contributed by atoms with Gasteiger partial charge in [-0.25, -0.2) is 9.98 Å². The van der Waals surface area contributed by atoms with E-state index in [-0.39, 0.29) is 6.17 Å². The van der Waals surface area contributed by atoms with Crippen molar-refractivity contribution in [1.82, 2.24) is 5.32 Å². The largest absolute Gasteiger partial charge is 0.456 e. The molecule has 1 aromatic heterocycles. The van der Waals surface area contributed by atoms with Gasteiger partial charge >= 0.3 is 0 Å². The lowest BCUT2D eigenvalue weighted by Gasteiger charge is -2.23. The Morgan fingerprint density at radius 3 is 2.13 bits per heavy atom. The lowest BCUT2D eigenvalue weighted by atomic mass is 9.96. The van der Waals surface area contributed by atoms with E-state index in [0.29, 0.717) is 5.84 Å². The maximum atomic E-state index is 6.40. The van der Waals surface area contributed by atoms with Gasteiger partial charge in [-0.1, -0.05) is 127 Å². The van der Waals surface area contributed by atoms with Crippen LogP contribution in [-0.4, -0.2) is 11.7 Å². The Morgan fingerprint density at radius 1 is 0.511 bits per heavy atom. The Morgan fingerprint density at radius 2 is 1.24 bits per heavy atom. The zero-order chi connectivity index (χ0) is 29.7. The molecule has 212 valence electrons. The number of hydrogen-bond donors (Lipinski definition) is 1. The van der Waals surface area contributed by atoms with Gasteiger partial charge in [0.05, 0.1) is 0 Å². The van der Waals surface area contributed by atoms with E-state index in [9.17, 15) is 0 Å². The first-order valence-electron chi connectivity index (χ1n) is 15.2. The summed E-state index contributed by atoms with van der Waals surface area (Å²) < 4.78 is 6.40. The molecule has 1 aliphatic heterocycles. The van der Waals surface area contributed by atoms with Gasteiger partial charge in [0, 0.05) is 21.9 Å². The van der Waals surface area contributed by atoms with Gasteiger partial charge in [0.15, 0.2) is 5.84 Å². The molecule has 4 heteroatoms. The van der Waals surface area contributed by atoms with Crippen molar-refractivity contribution in [3.63, 3.8) is 0 Å². The zero-order valence-electron chi connectivity index (χ0n) is 24.3. The van der Waals surface area contributed by atoms with Gasteiger partial charge in [0.1, 0.15) is 23.2 Å². The number of benzene rings is 7. The first-order chi connectivity index (χ1) is 22.3. The summed E-state index contributed by atoms with van der Waals surface area (Å²) in [6.45, 7) is 0. The lowest BCUT2D eigenvalue weighted by Crippen LogP contribution is -2.33. The van der Waals surface area contributed by atoms with Gasteiger partial charge in [-0.05, 0) is 62.5 Å². The number of nitrogens with one attached hydrogen (secondary N) is 1. The van der Waals surface area contributed by atoms with Crippen LogP contribution >= 0.6 is 0 Å². The number of rotatable bonds is 4. The molecule has 1 unspecified atom stereocenters. The van der Waals surface area contributed by atoms with Crippen LogP contribution in [0.25, 0.3) is 54.6 Å². The molecule has 1 N–H and O–H groups in total. The van der Waals surface area contributed by atoms with Crippen LogP contribution in [0.15, 0.2) is 166 Å². The highest BCUT2D eigenvalue weighted by molar-refractivity contribution is 6.22. The SMILES string of the molecule is c1ccc(C2=NC(c3cccc4oc5ccc(-c6ccc7c(ccc8ccccc87)c6)cc5c34)=NC(c3ccccc3)N2)cc1. The van der Waals surface area contributed by atoms with Crippen molar-refractivity contribution in [3.05, 3.63) is 168 Å². The quantitative estimate of drug-likeness (QED) is 0.212. The second-order valence-electron chi connectivity index (χ2n) is 11.5. The molecule has 0 saturated carbocycles. The molecule has 8 aromatic rings. The summed E-state index contributed by atoms with van der Waals surface area (Å²) in [5.41, 5.74) is 7.00. The van der Waals surface area contributed by atoms with E-state index < -0.39 is 0 Å². The number of fused-ring (bicyclic) bond motifs is 6. The van der Waals surface area contributed by atoms with Crippen LogP contribution in [0.5, 0.6) is 0 Å². The van der Waals surface area contributed by atoms with Gasteiger partial charge in [0.2, 0.25) is 0 Å². The molecule has 0 fully saturated rings. The molecule has 9 rings (SSSR count). The number of amidine groups is 2. The monoisotopic (exact) mass is 577 g/mol. The van der Waals surface area contributed by atoms with Crippen LogP contribution in [-0.2, 0) is 0 Å². The highest BCUT2D eigenvalue weighted by Crippen LogP contribution is 2.37. The Hall–Kier alpha value is -6.00. The smallest absolute Gasteiger partial charge is 0.160 e. The van der Waals surface area contributed by atoms with E-state index in [1.54, 1.807) is 0 Å². The molecule has 0 bridgehead atoms. The minimum absolute atomic E-state index is 0.272. The fraction of sp³-hybridized carbons (Fsp3) is 0.0244. The molecule has 45 heavy (non-hydrogen) atoms. The van der Waals surface area contributed by atoms with Crippen LogP contribution in [0.3, 0.4) is 0 Å². The number of hydrogen-bond acceptors (Lipinski definition) is 4. The first-order valence-corrected chi connectivity index (χ1v) is 15.2. The van der Waals surface area contributed by atoms with Crippen LogP contribution in [0.2, 0.25) is 0 Å². The third-order valence-corrected chi connectivity index (χ3v) is 8.72. The molecule has 0 radical (unpaired) electrons. The van der Waals surface area contributed by atoms with E-state index in [0.717, 1.165) is 50.0 Å². The Labute approximate surface area is 260 Å². The topological polar surface area (TPSA) is 49.9 Å². The second-order valence-corrected chi connectivity index (χ2v) is 11.5. The summed E-state index contributed by atoms with van der Waals surface area (Å²) in [4.78, 5) is 10.2. The lowest BCUT2D eigenvalue weighted by molar-refractivity contribution is 0.668. The Kier molecular flexibility index (Phi) is 5.85. The van der Waals surface area contributed by atoms with E-state index >= 15 is 0 Å². The molecule has 0 amide bonds. The van der Waals surface area contributed by atoms with Crippen molar-refractivity contribution in [2.24, 2.45) is 9.98 Å². The Bertz CT molecular complexity index is 2460. The van der Waals surface area contributed by atoms with E-state index in [2.05, 4.69) is 108 Å². The summed E-state index contributed by atoms with van der Waals surface area (Å²) >= 11 is 0. The van der Waals surface area contributed by atoms with Gasteiger partial charge in [-0.15, -0.1) is 0 Å². The van der Waals surface area contributed by atoms with Crippen LogP contribution in [0.4, 0.5) is 0 Å². The molecule has 4 nitrogen and oxygen atoms in total. The van der Waals surface area contributed by atoms with E-state index in [1.807, 2.05) is 48.5 Å². The molecule has 0 saturated heterocycles. The van der Waals surface area contributed by atoms with Crippen molar-refractivity contribution in [2.75, 3.05) is 0 Å². The van der Waals surface area contributed by atoms with Crippen LogP contribution in [0.1, 0.15) is 22.9 Å².